The fourth-order valence-corrected chi connectivity index (χ4v) is 1.81. The number of nitrogens with zero attached hydrogens (tertiary/aromatic N) is 3. The Kier molecular flexibility index (Phi) is 3.82. The quantitative estimate of drug-likeness (QED) is 0.868. The van der Waals surface area contributed by atoms with Crippen molar-refractivity contribution in [2.45, 2.75) is 13.0 Å². The molecule has 0 saturated carbocycles. The van der Waals surface area contributed by atoms with Gasteiger partial charge in [-0.2, -0.15) is 0 Å². The molecule has 0 saturated heterocycles. The lowest BCUT2D eigenvalue weighted by molar-refractivity contribution is 0.0587. The van der Waals surface area contributed by atoms with Crippen LogP contribution in [-0.4, -0.2) is 33.0 Å². The zero-order valence-electron chi connectivity index (χ0n) is 10.4. The van der Waals surface area contributed by atoms with Crippen LogP contribution in [0.5, 0.6) is 0 Å². The first-order chi connectivity index (χ1) is 9.02. The maximum Gasteiger partial charge on any atom is 0.377 e. The number of benzene rings is 1. The van der Waals surface area contributed by atoms with Gasteiger partial charge in [-0.3, -0.25) is 0 Å². The number of carbonyl (C=O) groups excluding carboxylic acids is 1. The molecule has 100 valence electrons. The molecule has 7 heteroatoms. The molecule has 19 heavy (non-hydrogen) atoms. The second-order valence-electron chi connectivity index (χ2n) is 3.89. The van der Waals surface area contributed by atoms with Crippen LogP contribution in [0.3, 0.4) is 0 Å². The first-order valence-corrected chi connectivity index (χ1v) is 5.88. The number of aliphatic hydroxyl groups excluding tert-OH is 1. The van der Waals surface area contributed by atoms with Gasteiger partial charge in [0.05, 0.1) is 23.9 Å². The highest BCUT2D eigenvalue weighted by atomic mass is 35.5. The van der Waals surface area contributed by atoms with Gasteiger partial charge >= 0.3 is 5.97 Å². The number of ether oxygens (including phenoxy) is 1. The third kappa shape index (κ3) is 2.74. The van der Waals surface area contributed by atoms with Crippen molar-refractivity contribution in [3.8, 4) is 5.69 Å². The first kappa shape index (κ1) is 13.5. The van der Waals surface area contributed by atoms with E-state index in [-0.39, 0.29) is 5.82 Å². The summed E-state index contributed by atoms with van der Waals surface area (Å²) in [5, 5.41) is 13.8. The van der Waals surface area contributed by atoms with Gasteiger partial charge in [0.15, 0.2) is 0 Å². The molecule has 1 N–H and O–H groups in total. The van der Waals surface area contributed by atoms with Gasteiger partial charge in [-0.15, -0.1) is 5.10 Å². The molecule has 1 aromatic heterocycles. The number of rotatable bonds is 3. The number of hydrogen-bond donors (Lipinski definition) is 1. The number of methoxy groups -OCH3 is 1. The van der Waals surface area contributed by atoms with Crippen molar-refractivity contribution in [3.05, 3.63) is 40.9 Å². The highest BCUT2D eigenvalue weighted by Gasteiger charge is 2.14. The van der Waals surface area contributed by atoms with E-state index < -0.39 is 12.1 Å². The third-order valence-corrected chi connectivity index (χ3v) is 2.86. The zero-order valence-corrected chi connectivity index (χ0v) is 11.1. The molecule has 0 aliphatic carbocycles. The standard InChI is InChI=1S/C12H12ClN3O3/c1-7(17)8-3-4-10(9(13)5-8)16-6-14-11(15-16)12(18)19-2/h3-7,17H,1-2H3. The van der Waals surface area contributed by atoms with Crippen molar-refractivity contribution < 1.29 is 14.6 Å². The van der Waals surface area contributed by atoms with Crippen molar-refractivity contribution in [3.63, 3.8) is 0 Å². The summed E-state index contributed by atoms with van der Waals surface area (Å²) in [4.78, 5) is 15.1. The molecule has 0 fully saturated rings. The van der Waals surface area contributed by atoms with E-state index in [1.54, 1.807) is 25.1 Å². The molecule has 1 heterocycles. The van der Waals surface area contributed by atoms with Crippen LogP contribution in [0.25, 0.3) is 5.69 Å². The van der Waals surface area contributed by atoms with E-state index in [1.165, 1.54) is 18.1 Å². The first-order valence-electron chi connectivity index (χ1n) is 5.50. The van der Waals surface area contributed by atoms with E-state index >= 15 is 0 Å². The molecule has 0 aliphatic rings. The molecule has 1 atom stereocenters. The third-order valence-electron chi connectivity index (χ3n) is 2.56. The molecule has 0 amide bonds. The Morgan fingerprint density at radius 1 is 1.53 bits per heavy atom. The number of halogens is 1. The summed E-state index contributed by atoms with van der Waals surface area (Å²) in [6.07, 6.45) is 0.767. The van der Waals surface area contributed by atoms with Crippen molar-refractivity contribution in [1.82, 2.24) is 14.8 Å². The number of hydrogen-bond acceptors (Lipinski definition) is 5. The highest BCUT2D eigenvalue weighted by molar-refractivity contribution is 6.32. The van der Waals surface area contributed by atoms with Gasteiger partial charge < -0.3 is 9.84 Å². The van der Waals surface area contributed by atoms with E-state index in [0.717, 1.165) is 0 Å². The Balaban J connectivity index is 2.37. The molecular formula is C12H12ClN3O3. The van der Waals surface area contributed by atoms with Gasteiger partial charge in [-0.25, -0.2) is 14.5 Å². The normalized spacial score (nSPS) is 12.2. The second kappa shape index (κ2) is 5.38. The summed E-state index contributed by atoms with van der Waals surface area (Å²) in [7, 11) is 1.26. The Hall–Kier alpha value is -1.92. The van der Waals surface area contributed by atoms with Crippen LogP contribution in [-0.2, 0) is 4.74 Å². The minimum atomic E-state index is -0.615. The second-order valence-corrected chi connectivity index (χ2v) is 4.30. The predicted octanol–water partition coefficient (Wildman–Crippen LogP) is 1.76. The van der Waals surface area contributed by atoms with Gasteiger partial charge in [-0.05, 0) is 24.6 Å². The lowest BCUT2D eigenvalue weighted by Crippen LogP contribution is -2.05. The summed E-state index contributed by atoms with van der Waals surface area (Å²) >= 11 is 6.11. The van der Waals surface area contributed by atoms with E-state index in [9.17, 15) is 9.90 Å². The monoisotopic (exact) mass is 281 g/mol. The molecule has 0 spiro atoms. The Labute approximate surface area is 114 Å². The van der Waals surface area contributed by atoms with E-state index in [2.05, 4.69) is 14.8 Å². The molecular weight excluding hydrogens is 270 g/mol. The van der Waals surface area contributed by atoms with E-state index in [1.807, 2.05) is 0 Å². The van der Waals surface area contributed by atoms with E-state index in [0.29, 0.717) is 16.3 Å². The zero-order chi connectivity index (χ0) is 14.0. The smallest absolute Gasteiger partial charge is 0.377 e. The van der Waals surface area contributed by atoms with E-state index in [4.69, 9.17) is 11.6 Å². The van der Waals surface area contributed by atoms with Crippen molar-refractivity contribution in [2.24, 2.45) is 0 Å². The lowest BCUT2D eigenvalue weighted by atomic mass is 10.1. The molecule has 1 unspecified atom stereocenters. The van der Waals surface area contributed by atoms with Gasteiger partial charge in [0.25, 0.3) is 5.82 Å². The topological polar surface area (TPSA) is 77.2 Å². The van der Waals surface area contributed by atoms with Crippen LogP contribution in [0.15, 0.2) is 24.5 Å². The van der Waals surface area contributed by atoms with Crippen LogP contribution in [0, 0.1) is 0 Å². The fraction of sp³-hybridized carbons (Fsp3) is 0.250. The molecule has 2 aromatic rings. The minimum absolute atomic E-state index is 0.0434. The van der Waals surface area contributed by atoms with Crippen LogP contribution in [0.2, 0.25) is 5.02 Å². The summed E-state index contributed by atoms with van der Waals surface area (Å²) in [6, 6.07) is 5.06. The van der Waals surface area contributed by atoms with Gasteiger partial charge in [-0.1, -0.05) is 17.7 Å². The number of aromatic nitrogens is 3. The molecule has 0 aliphatic heterocycles. The largest absolute Gasteiger partial charge is 0.463 e. The predicted molar refractivity (Wildman–Crippen MR) is 68.3 cm³/mol. The lowest BCUT2D eigenvalue weighted by Gasteiger charge is -2.08. The molecule has 0 radical (unpaired) electrons. The Morgan fingerprint density at radius 2 is 2.26 bits per heavy atom. The van der Waals surface area contributed by atoms with Gasteiger partial charge in [0.1, 0.15) is 6.33 Å². The fourth-order valence-electron chi connectivity index (χ4n) is 1.53. The molecule has 0 bridgehead atoms. The average molecular weight is 282 g/mol. The minimum Gasteiger partial charge on any atom is -0.463 e. The molecule has 6 nitrogen and oxygen atoms in total. The van der Waals surface area contributed by atoms with Gasteiger partial charge in [0, 0.05) is 0 Å². The molecule has 1 aromatic carbocycles. The maximum absolute atomic E-state index is 11.3. The summed E-state index contributed by atoms with van der Waals surface area (Å²) < 4.78 is 5.90. The summed E-state index contributed by atoms with van der Waals surface area (Å²) in [5.74, 6) is -0.659. The van der Waals surface area contributed by atoms with Crippen molar-refractivity contribution in [1.29, 1.82) is 0 Å². The van der Waals surface area contributed by atoms with Crippen molar-refractivity contribution >= 4 is 17.6 Å². The number of esters is 1. The van der Waals surface area contributed by atoms with Crippen molar-refractivity contribution in [2.75, 3.05) is 7.11 Å². The highest BCUT2D eigenvalue weighted by Crippen LogP contribution is 2.24. The number of aliphatic hydroxyl groups is 1. The SMILES string of the molecule is COC(=O)c1ncn(-c2ccc(C(C)O)cc2Cl)n1. The van der Waals surface area contributed by atoms with Crippen LogP contribution < -0.4 is 0 Å². The summed E-state index contributed by atoms with van der Waals surface area (Å²) in [5.41, 5.74) is 1.26. The van der Waals surface area contributed by atoms with Crippen LogP contribution >= 0.6 is 11.6 Å². The van der Waals surface area contributed by atoms with Gasteiger partial charge in [0.2, 0.25) is 0 Å². The maximum atomic E-state index is 11.3. The van der Waals surface area contributed by atoms with Crippen LogP contribution in [0.1, 0.15) is 29.2 Å². The summed E-state index contributed by atoms with van der Waals surface area (Å²) in [6.45, 7) is 1.65. The Bertz CT molecular complexity index is 610. The number of carbonyl (C=O) groups is 1. The van der Waals surface area contributed by atoms with Crippen LogP contribution in [0.4, 0.5) is 0 Å². The molecule has 2 rings (SSSR count). The average Bonchev–Trinajstić information content (AvgIpc) is 2.87. The Morgan fingerprint density at radius 3 is 2.84 bits per heavy atom.